The average molecular weight is 815 g/mol. The number of fused-ring (bicyclic) bond motifs is 5. The molecule has 290 valence electrons. The van der Waals surface area contributed by atoms with E-state index >= 15 is 0 Å². The van der Waals surface area contributed by atoms with Crippen LogP contribution in [0.4, 0.5) is 0 Å². The first kappa shape index (κ1) is 37.5. The minimum Gasteiger partial charge on any atom is -0.496 e. The molecule has 4 nitrogen and oxygen atoms in total. The summed E-state index contributed by atoms with van der Waals surface area (Å²) < 4.78 is 15.2. The van der Waals surface area contributed by atoms with Crippen LogP contribution in [-0.4, -0.2) is 13.4 Å². The van der Waals surface area contributed by atoms with Crippen LogP contribution in [0, 0.1) is 6.92 Å². The van der Waals surface area contributed by atoms with E-state index in [2.05, 4.69) is 117 Å². The van der Waals surface area contributed by atoms with Gasteiger partial charge < -0.3 is 9.47 Å². The Morgan fingerprint density at radius 2 is 1.20 bits per heavy atom. The van der Waals surface area contributed by atoms with Crippen LogP contribution in [0.1, 0.15) is 39.5 Å². The number of aldehydes is 1. The summed E-state index contributed by atoms with van der Waals surface area (Å²) in [6.45, 7) is 4.26. The van der Waals surface area contributed by atoms with E-state index in [4.69, 9.17) is 9.47 Å². The zero-order valence-electron chi connectivity index (χ0n) is 33.2. The summed E-state index contributed by atoms with van der Waals surface area (Å²) >= 11 is 3.26. The van der Waals surface area contributed by atoms with Crippen LogP contribution in [0.5, 0.6) is 11.5 Å². The molecule has 0 fully saturated rings. The fourth-order valence-electron chi connectivity index (χ4n) is 8.45. The zero-order valence-corrected chi connectivity index (χ0v) is 34.8. The van der Waals surface area contributed by atoms with Crippen LogP contribution in [0.25, 0.3) is 58.8 Å². The Balaban J connectivity index is 1.06. The first-order valence-electron chi connectivity index (χ1n) is 19.8. The van der Waals surface area contributed by atoms with Gasteiger partial charge in [-0.2, -0.15) is 0 Å². The highest BCUT2D eigenvalue weighted by Crippen LogP contribution is 2.50. The Hall–Kier alpha value is -6.73. The standard InChI is InChI=1S/C54H38O4S2/c1-33-28-37(20-26-48(33)59-49-14-8-4-10-39(49)32-55)35-16-22-40(23-17-35)54(31-34(2)45-30-47(57-3)42-11-5-6-12-43(42)53(45)58-54)41-24-18-36(19-25-41)38-21-27-51-46(29-38)52(56)44-13-7-9-15-50(44)60-51/h4-32H,1-3H3. The number of hydrogen-bond donors (Lipinski definition) is 0. The van der Waals surface area contributed by atoms with Crippen molar-refractivity contribution in [3.8, 4) is 33.8 Å². The first-order valence-corrected chi connectivity index (χ1v) is 21.5. The largest absolute Gasteiger partial charge is 0.496 e. The molecule has 8 aromatic carbocycles. The fraction of sp³-hybridized carbons (Fsp3) is 0.0741. The number of carbonyl (C=O) groups is 1. The van der Waals surface area contributed by atoms with Crippen LogP contribution < -0.4 is 14.9 Å². The van der Waals surface area contributed by atoms with Crippen LogP contribution in [-0.2, 0) is 5.60 Å². The van der Waals surface area contributed by atoms with Gasteiger partial charge in [0.25, 0.3) is 0 Å². The third-order valence-electron chi connectivity index (χ3n) is 11.6. The van der Waals surface area contributed by atoms with E-state index in [0.29, 0.717) is 5.56 Å². The molecule has 0 N–H and O–H groups in total. The second-order valence-electron chi connectivity index (χ2n) is 15.2. The van der Waals surface area contributed by atoms with E-state index in [1.807, 2.05) is 66.7 Å². The molecule has 1 unspecified atom stereocenters. The summed E-state index contributed by atoms with van der Waals surface area (Å²) in [6, 6.07) is 55.7. The Kier molecular flexibility index (Phi) is 9.47. The molecule has 1 aromatic heterocycles. The van der Waals surface area contributed by atoms with Crippen LogP contribution >= 0.6 is 23.1 Å². The number of hydrogen-bond acceptors (Lipinski definition) is 6. The van der Waals surface area contributed by atoms with Crippen molar-refractivity contribution in [2.24, 2.45) is 0 Å². The molecule has 1 aliphatic heterocycles. The van der Waals surface area contributed by atoms with Crippen molar-refractivity contribution in [2.45, 2.75) is 29.2 Å². The number of methoxy groups -OCH3 is 1. The molecule has 10 rings (SSSR count). The van der Waals surface area contributed by atoms with Gasteiger partial charge >= 0.3 is 0 Å². The lowest BCUT2D eigenvalue weighted by Crippen LogP contribution is -2.35. The van der Waals surface area contributed by atoms with Gasteiger partial charge in [0.05, 0.1) is 7.11 Å². The molecular weight excluding hydrogens is 777 g/mol. The van der Waals surface area contributed by atoms with Crippen molar-refractivity contribution in [3.05, 3.63) is 208 Å². The Morgan fingerprint density at radius 3 is 1.90 bits per heavy atom. The van der Waals surface area contributed by atoms with Crippen molar-refractivity contribution in [3.63, 3.8) is 0 Å². The number of rotatable bonds is 8. The summed E-state index contributed by atoms with van der Waals surface area (Å²) in [6.07, 6.45) is 3.14. The van der Waals surface area contributed by atoms with Gasteiger partial charge in [-0.05, 0) is 95.8 Å². The highest BCUT2D eigenvalue weighted by atomic mass is 32.2. The molecule has 6 heteroatoms. The lowest BCUT2D eigenvalue weighted by Gasteiger charge is -2.38. The molecule has 0 amide bonds. The predicted octanol–water partition coefficient (Wildman–Crippen LogP) is 13.9. The van der Waals surface area contributed by atoms with E-state index in [-0.39, 0.29) is 5.43 Å². The lowest BCUT2D eigenvalue weighted by molar-refractivity contribution is 0.112. The normalized spacial score (nSPS) is 14.8. The molecule has 9 aromatic rings. The van der Waals surface area contributed by atoms with E-state index in [0.717, 1.165) is 109 Å². The highest BCUT2D eigenvalue weighted by Gasteiger charge is 2.39. The van der Waals surface area contributed by atoms with E-state index in [1.54, 1.807) is 30.2 Å². The molecule has 0 radical (unpaired) electrons. The summed E-state index contributed by atoms with van der Waals surface area (Å²) in [5.41, 5.74) is 9.18. The van der Waals surface area contributed by atoms with Gasteiger partial charge in [-0.25, -0.2) is 0 Å². The lowest BCUT2D eigenvalue weighted by atomic mass is 9.80. The fourth-order valence-corrected chi connectivity index (χ4v) is 10.5. The van der Waals surface area contributed by atoms with Crippen molar-refractivity contribution < 1.29 is 14.3 Å². The minimum absolute atomic E-state index is 0.0596. The quantitative estimate of drug-likeness (QED) is 0.113. The molecule has 1 aliphatic rings. The number of ether oxygens (including phenoxy) is 2. The maximum atomic E-state index is 13.6. The number of allylic oxidation sites excluding steroid dienone is 1. The van der Waals surface area contributed by atoms with Gasteiger partial charge in [0, 0.05) is 63.0 Å². The smallest absolute Gasteiger partial charge is 0.195 e. The maximum absolute atomic E-state index is 13.6. The van der Waals surface area contributed by atoms with Crippen LogP contribution in [0.3, 0.4) is 0 Å². The molecule has 2 heterocycles. The van der Waals surface area contributed by atoms with E-state index in [9.17, 15) is 9.59 Å². The van der Waals surface area contributed by atoms with Crippen molar-refractivity contribution in [1.29, 1.82) is 0 Å². The highest BCUT2D eigenvalue weighted by molar-refractivity contribution is 7.99. The Morgan fingerprint density at radius 1 is 0.600 bits per heavy atom. The monoisotopic (exact) mass is 814 g/mol. The molecule has 0 saturated carbocycles. The number of carbonyl (C=O) groups excluding carboxylic acids is 1. The topological polar surface area (TPSA) is 52.6 Å². The molecule has 0 bridgehead atoms. The summed E-state index contributed by atoms with van der Waals surface area (Å²) in [5, 5.41) is 3.46. The Bertz CT molecular complexity index is 3250. The number of benzene rings is 8. The van der Waals surface area contributed by atoms with Crippen LogP contribution in [0.2, 0.25) is 0 Å². The maximum Gasteiger partial charge on any atom is 0.195 e. The van der Waals surface area contributed by atoms with Crippen LogP contribution in [0.15, 0.2) is 184 Å². The summed E-state index contributed by atoms with van der Waals surface area (Å²) in [5.74, 6) is 1.62. The molecule has 1 atom stereocenters. The summed E-state index contributed by atoms with van der Waals surface area (Å²) in [4.78, 5) is 27.3. The predicted molar refractivity (Wildman–Crippen MR) is 249 cm³/mol. The molecule has 0 saturated heterocycles. The average Bonchev–Trinajstić information content (AvgIpc) is 3.29. The first-order chi connectivity index (χ1) is 29.3. The van der Waals surface area contributed by atoms with E-state index in [1.165, 1.54) is 0 Å². The third kappa shape index (κ3) is 6.40. The minimum atomic E-state index is -0.958. The molecule has 60 heavy (non-hydrogen) atoms. The molecular formula is C54H38O4S2. The third-order valence-corrected chi connectivity index (χ3v) is 14.0. The van der Waals surface area contributed by atoms with Gasteiger partial charge in [-0.15, -0.1) is 11.3 Å². The van der Waals surface area contributed by atoms with Gasteiger partial charge in [-0.1, -0.05) is 133 Å². The molecule has 0 spiro atoms. The van der Waals surface area contributed by atoms with Gasteiger partial charge in [0.15, 0.2) is 17.3 Å². The second-order valence-corrected chi connectivity index (χ2v) is 17.4. The van der Waals surface area contributed by atoms with E-state index < -0.39 is 5.60 Å². The second kappa shape index (κ2) is 15.1. The van der Waals surface area contributed by atoms with Gasteiger partial charge in [-0.3, -0.25) is 9.59 Å². The van der Waals surface area contributed by atoms with Gasteiger partial charge in [0.2, 0.25) is 0 Å². The van der Waals surface area contributed by atoms with Crippen molar-refractivity contribution in [2.75, 3.05) is 7.11 Å². The Labute approximate surface area is 356 Å². The SMILES string of the molecule is COc1cc2c(c3ccccc13)OC(c1ccc(-c3ccc(Sc4ccccc4C=O)c(C)c3)cc1)(c1ccc(-c3ccc4sc5ccccc5c(=O)c4c3)cc1)C=C2C. The van der Waals surface area contributed by atoms with Gasteiger partial charge in [0.1, 0.15) is 11.5 Å². The molecule has 0 aliphatic carbocycles. The number of aryl methyl sites for hydroxylation is 1. The van der Waals surface area contributed by atoms with Crippen molar-refractivity contribution in [1.82, 2.24) is 0 Å². The van der Waals surface area contributed by atoms with Crippen molar-refractivity contribution >= 4 is 65.9 Å². The summed E-state index contributed by atoms with van der Waals surface area (Å²) in [7, 11) is 1.71. The zero-order chi connectivity index (χ0) is 41.0.